The van der Waals surface area contributed by atoms with Crippen LogP contribution in [0.5, 0.6) is 0 Å². The van der Waals surface area contributed by atoms with E-state index in [1.165, 1.54) is 0 Å². The maximum atomic E-state index is 12.9. The Morgan fingerprint density at radius 3 is 2.70 bits per heavy atom. The number of hydrazone groups is 1. The average Bonchev–Trinajstić information content (AvgIpc) is 2.69. The van der Waals surface area contributed by atoms with Crippen molar-refractivity contribution >= 4 is 28.9 Å². The molecule has 6 heteroatoms. The quantitative estimate of drug-likeness (QED) is 0.560. The second kappa shape index (κ2) is 8.73. The van der Waals surface area contributed by atoms with Crippen molar-refractivity contribution in [1.82, 2.24) is 0 Å². The summed E-state index contributed by atoms with van der Waals surface area (Å²) in [5.74, 6) is -0.140. The largest absolute Gasteiger partial charge is 0.478 e. The minimum atomic E-state index is -0.694. The summed E-state index contributed by atoms with van der Waals surface area (Å²) in [6, 6.07) is 16.4. The third-order valence-corrected chi connectivity index (χ3v) is 4.43. The van der Waals surface area contributed by atoms with Crippen LogP contribution in [0.15, 0.2) is 71.7 Å². The van der Waals surface area contributed by atoms with E-state index in [9.17, 15) is 4.79 Å². The maximum Gasteiger partial charge on any atom is 0.212 e. The summed E-state index contributed by atoms with van der Waals surface area (Å²) in [4.78, 5) is 12.9. The SMILES string of the molecule is CCCCOC1=CC(C(=O)c2cccc(Cl)c2)C(N)=NN1c1ccccc1. The van der Waals surface area contributed by atoms with Gasteiger partial charge in [-0.1, -0.05) is 55.3 Å². The molecular formula is C21H22ClN3O2. The van der Waals surface area contributed by atoms with E-state index in [0.717, 1.165) is 18.5 Å². The first-order valence-corrected chi connectivity index (χ1v) is 9.31. The summed E-state index contributed by atoms with van der Waals surface area (Å²) in [5, 5.41) is 6.58. The number of hydrogen-bond donors (Lipinski definition) is 1. The van der Waals surface area contributed by atoms with Crippen molar-refractivity contribution in [2.24, 2.45) is 16.8 Å². The van der Waals surface area contributed by atoms with Crippen molar-refractivity contribution in [3.63, 3.8) is 0 Å². The number of rotatable bonds is 7. The van der Waals surface area contributed by atoms with Gasteiger partial charge in [0, 0.05) is 10.6 Å². The monoisotopic (exact) mass is 383 g/mol. The van der Waals surface area contributed by atoms with Crippen molar-refractivity contribution in [3.8, 4) is 0 Å². The van der Waals surface area contributed by atoms with Crippen molar-refractivity contribution in [2.75, 3.05) is 11.6 Å². The molecule has 2 N–H and O–H groups in total. The van der Waals surface area contributed by atoms with Crippen LogP contribution in [0, 0.1) is 5.92 Å². The number of unbranched alkanes of at least 4 members (excludes halogenated alkanes) is 1. The number of benzene rings is 2. The fourth-order valence-corrected chi connectivity index (χ4v) is 2.93. The first-order valence-electron chi connectivity index (χ1n) is 8.93. The average molecular weight is 384 g/mol. The Kier molecular flexibility index (Phi) is 6.14. The van der Waals surface area contributed by atoms with Gasteiger partial charge in [-0.2, -0.15) is 10.1 Å². The Labute approximate surface area is 164 Å². The fourth-order valence-electron chi connectivity index (χ4n) is 2.74. The molecule has 2 aromatic carbocycles. The van der Waals surface area contributed by atoms with Gasteiger partial charge in [0.15, 0.2) is 5.78 Å². The Balaban J connectivity index is 1.92. The van der Waals surface area contributed by atoms with Gasteiger partial charge in [0.2, 0.25) is 5.88 Å². The number of ketones is 1. The summed E-state index contributed by atoms with van der Waals surface area (Å²) in [5.41, 5.74) is 7.46. The molecule has 5 nitrogen and oxygen atoms in total. The molecule has 0 amide bonds. The highest BCUT2D eigenvalue weighted by atomic mass is 35.5. The lowest BCUT2D eigenvalue weighted by Crippen LogP contribution is -2.37. The van der Waals surface area contributed by atoms with Gasteiger partial charge >= 0.3 is 0 Å². The molecule has 140 valence electrons. The Morgan fingerprint density at radius 1 is 1.22 bits per heavy atom. The number of carbonyl (C=O) groups excluding carboxylic acids is 1. The normalized spacial score (nSPS) is 16.5. The fraction of sp³-hybridized carbons (Fsp3) is 0.238. The lowest BCUT2D eigenvalue weighted by molar-refractivity contribution is 0.0966. The molecule has 0 bridgehead atoms. The number of para-hydroxylation sites is 1. The number of amidine groups is 1. The lowest BCUT2D eigenvalue weighted by atomic mass is 9.95. The third kappa shape index (κ3) is 4.49. The summed E-state index contributed by atoms with van der Waals surface area (Å²) in [6.45, 7) is 2.63. The van der Waals surface area contributed by atoms with Crippen LogP contribution >= 0.6 is 11.6 Å². The lowest BCUT2D eigenvalue weighted by Gasteiger charge is -2.28. The second-order valence-electron chi connectivity index (χ2n) is 6.23. The second-order valence-corrected chi connectivity index (χ2v) is 6.67. The van der Waals surface area contributed by atoms with Crippen molar-refractivity contribution < 1.29 is 9.53 Å². The molecule has 0 saturated heterocycles. The van der Waals surface area contributed by atoms with E-state index in [4.69, 9.17) is 22.1 Å². The predicted molar refractivity (Wildman–Crippen MR) is 109 cm³/mol. The van der Waals surface area contributed by atoms with Crippen LogP contribution in [0.25, 0.3) is 0 Å². The molecule has 0 aromatic heterocycles. The van der Waals surface area contributed by atoms with Gasteiger partial charge in [0.1, 0.15) is 11.8 Å². The van der Waals surface area contributed by atoms with Crippen LogP contribution in [-0.4, -0.2) is 18.2 Å². The van der Waals surface area contributed by atoms with Crippen LogP contribution < -0.4 is 10.7 Å². The highest BCUT2D eigenvalue weighted by Gasteiger charge is 2.30. The summed E-state index contributed by atoms with van der Waals surface area (Å²) < 4.78 is 5.92. The van der Waals surface area contributed by atoms with Gasteiger partial charge in [-0.25, -0.2) is 0 Å². The zero-order valence-electron chi connectivity index (χ0n) is 15.1. The van der Waals surface area contributed by atoms with Gasteiger partial charge in [-0.15, -0.1) is 0 Å². The van der Waals surface area contributed by atoms with Crippen LogP contribution in [0.1, 0.15) is 30.1 Å². The number of carbonyl (C=O) groups is 1. The molecule has 2 aromatic rings. The zero-order valence-corrected chi connectivity index (χ0v) is 15.9. The first kappa shape index (κ1) is 19.0. The van der Waals surface area contributed by atoms with E-state index >= 15 is 0 Å². The number of anilines is 1. The molecule has 1 heterocycles. The number of hydrogen-bond acceptors (Lipinski definition) is 5. The van der Waals surface area contributed by atoms with E-state index in [1.54, 1.807) is 35.4 Å². The number of halogens is 1. The van der Waals surface area contributed by atoms with Crippen LogP contribution in [-0.2, 0) is 4.74 Å². The van der Waals surface area contributed by atoms with Gasteiger partial charge in [0.25, 0.3) is 0 Å². The van der Waals surface area contributed by atoms with Crippen LogP contribution in [0.3, 0.4) is 0 Å². The number of Topliss-reactive ketones (excluding diaryl/α,β-unsaturated/α-hetero) is 1. The van der Waals surface area contributed by atoms with Gasteiger partial charge in [-0.05, 0) is 36.8 Å². The number of ether oxygens (including phenoxy) is 1. The van der Waals surface area contributed by atoms with Crippen LogP contribution in [0.2, 0.25) is 5.02 Å². The van der Waals surface area contributed by atoms with Gasteiger partial charge in [0.05, 0.1) is 12.3 Å². The molecule has 1 aliphatic rings. The van der Waals surface area contributed by atoms with Crippen molar-refractivity contribution in [2.45, 2.75) is 19.8 Å². The minimum Gasteiger partial charge on any atom is -0.478 e. The maximum absolute atomic E-state index is 12.9. The molecule has 0 fully saturated rings. The highest BCUT2D eigenvalue weighted by molar-refractivity contribution is 6.31. The smallest absolute Gasteiger partial charge is 0.212 e. The molecule has 0 spiro atoms. The Morgan fingerprint density at radius 2 is 2.00 bits per heavy atom. The topological polar surface area (TPSA) is 67.9 Å². The highest BCUT2D eigenvalue weighted by Crippen LogP contribution is 2.27. The Bertz CT molecular complexity index is 865. The van der Waals surface area contributed by atoms with Crippen molar-refractivity contribution in [3.05, 3.63) is 77.1 Å². The molecule has 3 rings (SSSR count). The van der Waals surface area contributed by atoms with E-state index in [-0.39, 0.29) is 11.6 Å². The van der Waals surface area contributed by atoms with Gasteiger partial charge in [-0.3, -0.25) is 4.79 Å². The molecule has 1 unspecified atom stereocenters. The molecule has 1 aliphatic heterocycles. The predicted octanol–water partition coefficient (Wildman–Crippen LogP) is 4.59. The summed E-state index contributed by atoms with van der Waals surface area (Å²) in [6.07, 6.45) is 3.65. The number of nitrogens with two attached hydrogens (primary N) is 1. The van der Waals surface area contributed by atoms with E-state index in [0.29, 0.717) is 23.1 Å². The molecule has 0 aliphatic carbocycles. The molecule has 0 saturated carbocycles. The van der Waals surface area contributed by atoms with Crippen molar-refractivity contribution in [1.29, 1.82) is 0 Å². The molecule has 27 heavy (non-hydrogen) atoms. The van der Waals surface area contributed by atoms with Crippen LogP contribution in [0.4, 0.5) is 5.69 Å². The minimum absolute atomic E-state index is 0.164. The standard InChI is InChI=1S/C21H22ClN3O2/c1-2-3-12-27-19-14-18(20(26)15-8-7-9-16(22)13-15)21(23)24-25(19)17-10-5-4-6-11-17/h4-11,13-14,18H,2-3,12H2,1H3,(H2,23,24). The zero-order chi connectivity index (χ0) is 19.2. The molecular weight excluding hydrogens is 362 g/mol. The van der Waals surface area contributed by atoms with Gasteiger partial charge < -0.3 is 10.5 Å². The van der Waals surface area contributed by atoms with E-state index in [1.807, 2.05) is 30.3 Å². The summed E-state index contributed by atoms with van der Waals surface area (Å²) >= 11 is 6.02. The van der Waals surface area contributed by atoms with E-state index in [2.05, 4.69) is 12.0 Å². The molecule has 1 atom stereocenters. The first-order chi connectivity index (χ1) is 13.1. The third-order valence-electron chi connectivity index (χ3n) is 4.19. The Hall–Kier alpha value is -2.79. The summed E-state index contributed by atoms with van der Waals surface area (Å²) in [7, 11) is 0. The van der Waals surface area contributed by atoms with E-state index < -0.39 is 5.92 Å². The number of nitrogens with zero attached hydrogens (tertiary/aromatic N) is 2. The molecule has 0 radical (unpaired) electrons.